The lowest BCUT2D eigenvalue weighted by atomic mass is 9.88. The topological polar surface area (TPSA) is 110 Å². The van der Waals surface area contributed by atoms with Gasteiger partial charge in [0.15, 0.2) is 0 Å². The molecule has 0 saturated heterocycles. The number of aliphatic hydroxyl groups excluding tert-OH is 1. The van der Waals surface area contributed by atoms with Gasteiger partial charge in [0.1, 0.15) is 18.3 Å². The van der Waals surface area contributed by atoms with Crippen LogP contribution in [0.3, 0.4) is 0 Å². The van der Waals surface area contributed by atoms with Crippen LogP contribution in [0.25, 0.3) is 0 Å². The molecule has 0 amide bonds. The fourth-order valence-electron chi connectivity index (χ4n) is 3.22. The van der Waals surface area contributed by atoms with Crippen LogP contribution in [0.4, 0.5) is 0 Å². The van der Waals surface area contributed by atoms with Gasteiger partial charge in [0.25, 0.3) is 0 Å². The maximum Gasteiger partial charge on any atom is 0.338 e. The van der Waals surface area contributed by atoms with E-state index in [-0.39, 0.29) is 24.3 Å². The van der Waals surface area contributed by atoms with Gasteiger partial charge in [-0.15, -0.1) is 0 Å². The average molecular weight is 370 g/mol. The van der Waals surface area contributed by atoms with Crippen molar-refractivity contribution < 1.29 is 34.1 Å². The van der Waals surface area contributed by atoms with E-state index < -0.39 is 23.8 Å². The summed E-state index contributed by atoms with van der Waals surface area (Å²) < 4.78 is 10.3. The molecule has 0 aliphatic carbocycles. The molecule has 7 heteroatoms. The van der Waals surface area contributed by atoms with Crippen molar-refractivity contribution in [2.45, 2.75) is 19.8 Å². The Morgan fingerprint density at radius 3 is 2.48 bits per heavy atom. The lowest BCUT2D eigenvalue weighted by molar-refractivity contribution is -0.133. The highest BCUT2D eigenvalue weighted by Crippen LogP contribution is 2.42. The molecular formula is C20H18O7. The maximum absolute atomic E-state index is 12.5. The van der Waals surface area contributed by atoms with Gasteiger partial charge < -0.3 is 19.7 Å². The Morgan fingerprint density at radius 2 is 1.81 bits per heavy atom. The lowest BCUT2D eigenvalue weighted by Crippen LogP contribution is -2.15. The van der Waals surface area contributed by atoms with Gasteiger partial charge in [0, 0.05) is 5.56 Å². The highest BCUT2D eigenvalue weighted by atomic mass is 16.5. The third-order valence-corrected chi connectivity index (χ3v) is 4.29. The SMILES string of the molecule is Cc1cc(C)c2c(c1)C(c1cc(C(=O)O)cc(C(=O)OCCO)c1)C(=O)O2. The molecule has 1 atom stereocenters. The Hall–Kier alpha value is -3.19. The molecular weight excluding hydrogens is 352 g/mol. The molecule has 0 radical (unpaired) electrons. The Bertz CT molecular complexity index is 946. The molecule has 0 bridgehead atoms. The second-order valence-electron chi connectivity index (χ2n) is 6.36. The van der Waals surface area contributed by atoms with Crippen LogP contribution < -0.4 is 4.74 Å². The number of rotatable bonds is 5. The molecule has 27 heavy (non-hydrogen) atoms. The van der Waals surface area contributed by atoms with E-state index in [0.717, 1.165) is 11.1 Å². The van der Waals surface area contributed by atoms with Crippen molar-refractivity contribution >= 4 is 17.9 Å². The first-order valence-corrected chi connectivity index (χ1v) is 8.31. The molecule has 0 aromatic heterocycles. The Balaban J connectivity index is 2.12. The summed E-state index contributed by atoms with van der Waals surface area (Å²) >= 11 is 0. The zero-order valence-electron chi connectivity index (χ0n) is 14.8. The van der Waals surface area contributed by atoms with Crippen molar-refractivity contribution in [2.24, 2.45) is 0 Å². The van der Waals surface area contributed by atoms with Gasteiger partial charge in [-0.05, 0) is 43.2 Å². The minimum atomic E-state index is -1.24. The number of aryl methyl sites for hydroxylation is 2. The highest BCUT2D eigenvalue weighted by Gasteiger charge is 2.36. The lowest BCUT2D eigenvalue weighted by Gasteiger charge is -2.12. The Morgan fingerprint density at radius 1 is 1.11 bits per heavy atom. The molecule has 3 rings (SSSR count). The number of aromatic carboxylic acids is 1. The smallest absolute Gasteiger partial charge is 0.338 e. The highest BCUT2D eigenvalue weighted by molar-refractivity contribution is 5.97. The first-order chi connectivity index (χ1) is 12.8. The van der Waals surface area contributed by atoms with Crippen LogP contribution in [-0.4, -0.2) is 41.3 Å². The molecule has 7 nitrogen and oxygen atoms in total. The normalized spacial score (nSPS) is 15.2. The summed E-state index contributed by atoms with van der Waals surface area (Å²) in [6, 6.07) is 7.65. The molecule has 1 unspecified atom stereocenters. The predicted octanol–water partition coefficient (Wildman–Crippen LogP) is 2.20. The number of benzene rings is 2. The largest absolute Gasteiger partial charge is 0.478 e. The number of fused-ring (bicyclic) bond motifs is 1. The van der Waals surface area contributed by atoms with E-state index in [9.17, 15) is 19.5 Å². The van der Waals surface area contributed by atoms with E-state index in [1.54, 1.807) is 0 Å². The third-order valence-electron chi connectivity index (χ3n) is 4.29. The zero-order chi connectivity index (χ0) is 19.7. The number of carboxylic acids is 1. The van der Waals surface area contributed by atoms with Crippen LogP contribution in [-0.2, 0) is 9.53 Å². The minimum Gasteiger partial charge on any atom is -0.478 e. The van der Waals surface area contributed by atoms with Crippen molar-refractivity contribution in [3.63, 3.8) is 0 Å². The van der Waals surface area contributed by atoms with Gasteiger partial charge >= 0.3 is 17.9 Å². The summed E-state index contributed by atoms with van der Waals surface area (Å²) in [5.74, 6) is -2.92. The summed E-state index contributed by atoms with van der Waals surface area (Å²) in [6.07, 6.45) is 0. The minimum absolute atomic E-state index is 0.0102. The van der Waals surface area contributed by atoms with Crippen LogP contribution in [0.15, 0.2) is 30.3 Å². The van der Waals surface area contributed by atoms with E-state index in [1.807, 2.05) is 26.0 Å². The summed E-state index contributed by atoms with van der Waals surface area (Å²) in [4.78, 5) is 36.1. The first kappa shape index (κ1) is 18.6. The Kier molecular flexibility index (Phi) is 4.96. The number of esters is 2. The summed E-state index contributed by atoms with van der Waals surface area (Å²) in [5, 5.41) is 18.2. The number of carbonyl (C=O) groups excluding carboxylic acids is 2. The first-order valence-electron chi connectivity index (χ1n) is 8.31. The van der Waals surface area contributed by atoms with Gasteiger partial charge in [-0.3, -0.25) is 4.79 Å². The fraction of sp³-hybridized carbons (Fsp3) is 0.250. The van der Waals surface area contributed by atoms with Gasteiger partial charge in [0.2, 0.25) is 0 Å². The van der Waals surface area contributed by atoms with Crippen molar-refractivity contribution in [1.29, 1.82) is 0 Å². The van der Waals surface area contributed by atoms with Crippen molar-refractivity contribution in [2.75, 3.05) is 13.2 Å². The second-order valence-corrected chi connectivity index (χ2v) is 6.36. The number of carboxylic acid groups (broad SMARTS) is 1. The summed E-state index contributed by atoms with van der Waals surface area (Å²) in [6.45, 7) is 3.15. The van der Waals surface area contributed by atoms with Crippen molar-refractivity contribution in [1.82, 2.24) is 0 Å². The molecule has 1 aliphatic rings. The zero-order valence-corrected chi connectivity index (χ0v) is 14.8. The van der Waals surface area contributed by atoms with Crippen molar-refractivity contribution in [3.05, 3.63) is 63.7 Å². The van der Waals surface area contributed by atoms with E-state index in [2.05, 4.69) is 0 Å². The third kappa shape index (κ3) is 3.54. The van der Waals surface area contributed by atoms with Gasteiger partial charge in [-0.25, -0.2) is 9.59 Å². The van der Waals surface area contributed by atoms with Crippen molar-refractivity contribution in [3.8, 4) is 5.75 Å². The monoisotopic (exact) mass is 370 g/mol. The fourth-order valence-corrected chi connectivity index (χ4v) is 3.22. The van der Waals surface area contributed by atoms with E-state index in [4.69, 9.17) is 14.6 Å². The number of ether oxygens (including phenoxy) is 2. The van der Waals surface area contributed by atoms with Crippen LogP contribution >= 0.6 is 0 Å². The van der Waals surface area contributed by atoms with E-state index in [1.165, 1.54) is 18.2 Å². The molecule has 2 aromatic rings. The molecule has 2 N–H and O–H groups in total. The van der Waals surface area contributed by atoms with Crippen LogP contribution in [0.2, 0.25) is 0 Å². The molecule has 1 heterocycles. The molecule has 2 aromatic carbocycles. The van der Waals surface area contributed by atoms with Gasteiger partial charge in [-0.1, -0.05) is 17.7 Å². The molecule has 0 saturated carbocycles. The van der Waals surface area contributed by atoms with Gasteiger partial charge in [0.05, 0.1) is 17.7 Å². The van der Waals surface area contributed by atoms with E-state index >= 15 is 0 Å². The summed E-state index contributed by atoms with van der Waals surface area (Å²) in [5.41, 5.74) is 2.55. The predicted molar refractivity (Wildman–Crippen MR) is 94.2 cm³/mol. The van der Waals surface area contributed by atoms with Gasteiger partial charge in [-0.2, -0.15) is 0 Å². The summed E-state index contributed by atoms with van der Waals surface area (Å²) in [7, 11) is 0. The van der Waals surface area contributed by atoms with Crippen LogP contribution in [0.1, 0.15) is 48.9 Å². The standard InChI is InChI=1S/C20H18O7/c1-10-5-11(2)17-15(6-10)16(20(25)27-17)12-7-13(18(22)23)9-14(8-12)19(24)26-4-3-21/h5-9,16,21H,3-4H2,1-2H3,(H,22,23). The maximum atomic E-state index is 12.5. The number of hydrogen-bond acceptors (Lipinski definition) is 6. The molecule has 0 spiro atoms. The Labute approximate surface area is 155 Å². The molecule has 140 valence electrons. The number of aliphatic hydroxyl groups is 1. The van der Waals surface area contributed by atoms with Crippen LogP contribution in [0.5, 0.6) is 5.75 Å². The van der Waals surface area contributed by atoms with E-state index in [0.29, 0.717) is 16.9 Å². The van der Waals surface area contributed by atoms with Crippen LogP contribution in [0, 0.1) is 13.8 Å². The molecule has 0 fully saturated rings. The number of hydrogen-bond donors (Lipinski definition) is 2. The second kappa shape index (κ2) is 7.20. The molecule has 1 aliphatic heterocycles. The average Bonchev–Trinajstić information content (AvgIpc) is 2.95. The number of carbonyl (C=O) groups is 3. The quantitative estimate of drug-likeness (QED) is 0.613.